The van der Waals surface area contributed by atoms with Crippen molar-refractivity contribution in [3.05, 3.63) is 0 Å². The summed E-state index contributed by atoms with van der Waals surface area (Å²) in [6, 6.07) is 0. The largest absolute Gasteiger partial charge is 0.519 e. The molecule has 9 atom stereocenters. The van der Waals surface area contributed by atoms with Crippen LogP contribution in [0.25, 0.3) is 0 Å². The van der Waals surface area contributed by atoms with Crippen LogP contribution < -0.4 is 0 Å². The van der Waals surface area contributed by atoms with Gasteiger partial charge in [0.25, 0.3) is 0 Å². The first kappa shape index (κ1) is 128. The van der Waals surface area contributed by atoms with Gasteiger partial charge in [-0.15, -0.1) is 0 Å². The lowest BCUT2D eigenvalue weighted by Gasteiger charge is -2.53. The highest BCUT2D eigenvalue weighted by Gasteiger charge is 2.69. The van der Waals surface area contributed by atoms with E-state index >= 15 is 0 Å². The Kier molecular flexibility index (Phi) is 77.0. The smallest absolute Gasteiger partial charge is 0.376 e. The summed E-state index contributed by atoms with van der Waals surface area (Å²) in [4.78, 5) is 7.32. The van der Waals surface area contributed by atoms with E-state index in [1.165, 1.54) is 0 Å². The highest BCUT2D eigenvalue weighted by atomic mass is 28.4. The number of hydrogen-bond acceptors (Lipinski definition) is 30. The van der Waals surface area contributed by atoms with Crippen molar-refractivity contribution in [1.82, 2.24) is 14.7 Å². The SMILES string of the molecule is CCCO[Si](OCCC)(OCCC)C(CC)N(C(CC)[Si](OCCC)(OCCC)OCCC)C(CC)[Si](OCCC)(OCCC)OCCC.CCO[Si](OC)(OC)C(CC)N(C(CC)[Si](OC)(OC)OCC)C(CC)[Si](OC)(OC)OCC.CCO[Si](OCC)(OCC)C(CC)N(C(CC)[Si](OCC)(OCC)OCC)C(CC)[Si](OCC)(OCC)OCC. The summed E-state index contributed by atoms with van der Waals surface area (Å²) < 4.78 is 177. The van der Waals surface area contributed by atoms with Crippen molar-refractivity contribution in [3.63, 3.8) is 0 Å². The average Bonchev–Trinajstić information content (AvgIpc) is 0.753. The Labute approximate surface area is 764 Å². The number of rotatable bonds is 84. The summed E-state index contributed by atoms with van der Waals surface area (Å²) in [6.07, 6.45) is 14.1. The fraction of sp³-hybridized carbons (Fsp3) is 1.00. The van der Waals surface area contributed by atoms with Gasteiger partial charge in [0.1, 0.15) is 0 Å². The minimum Gasteiger partial charge on any atom is -0.376 e. The second-order valence-electron chi connectivity index (χ2n) is 29.1. The molecule has 123 heavy (non-hydrogen) atoms. The quantitative estimate of drug-likeness (QED) is 0.0512. The highest BCUT2D eigenvalue weighted by molar-refractivity contribution is 6.68. The van der Waals surface area contributed by atoms with Crippen LogP contribution in [0.5, 0.6) is 0 Å². The molecule has 0 heterocycles. The van der Waals surface area contributed by atoms with Gasteiger partial charge >= 0.3 is 79.2 Å². The maximum Gasteiger partial charge on any atom is 0.519 e. The molecular formula is C84H195N3O27Si9. The van der Waals surface area contributed by atoms with Crippen molar-refractivity contribution in [2.75, 3.05) is 181 Å². The van der Waals surface area contributed by atoms with Crippen LogP contribution in [0.4, 0.5) is 0 Å². The minimum atomic E-state index is -3.42. The van der Waals surface area contributed by atoms with Gasteiger partial charge < -0.3 is 120 Å². The van der Waals surface area contributed by atoms with E-state index < -0.39 is 79.2 Å². The van der Waals surface area contributed by atoms with Crippen LogP contribution in [0.2, 0.25) is 0 Å². The average molecular weight is 1930 g/mol. The summed E-state index contributed by atoms with van der Waals surface area (Å²) in [6.45, 7) is 73.1. The fourth-order valence-corrected chi connectivity index (χ4v) is 46.5. The molecular weight excluding hydrogens is 1740 g/mol. The molecule has 9 unspecified atom stereocenters. The molecule has 0 radical (unpaired) electrons. The lowest BCUT2D eigenvalue weighted by Crippen LogP contribution is -2.77. The first-order chi connectivity index (χ1) is 59.3. The monoisotopic (exact) mass is 1930 g/mol. The minimum absolute atomic E-state index is 0.243. The molecule has 0 spiro atoms. The maximum atomic E-state index is 6.96. The molecule has 0 N–H and O–H groups in total. The molecule has 0 aromatic carbocycles. The Morgan fingerprint density at radius 1 is 0.138 bits per heavy atom. The molecule has 0 saturated carbocycles. The van der Waals surface area contributed by atoms with Crippen LogP contribution in [0.3, 0.4) is 0 Å². The Morgan fingerprint density at radius 2 is 0.228 bits per heavy atom. The van der Waals surface area contributed by atoms with Gasteiger partial charge in [-0.1, -0.05) is 125 Å². The first-order valence-electron chi connectivity index (χ1n) is 48.3. The van der Waals surface area contributed by atoms with E-state index in [0.29, 0.717) is 177 Å². The van der Waals surface area contributed by atoms with Crippen molar-refractivity contribution in [2.45, 2.75) is 374 Å². The van der Waals surface area contributed by atoms with Crippen molar-refractivity contribution in [1.29, 1.82) is 0 Å². The zero-order valence-electron chi connectivity index (χ0n) is 85.6. The Balaban J connectivity index is -0.00000179. The van der Waals surface area contributed by atoms with Gasteiger partial charge in [-0.05, 0) is 199 Å². The maximum absolute atomic E-state index is 6.96. The Bertz CT molecular complexity index is 2030. The van der Waals surface area contributed by atoms with Crippen LogP contribution in [0, 0.1) is 0 Å². The molecule has 0 aliphatic heterocycles. The fourth-order valence-electron chi connectivity index (χ4n) is 16.5. The molecule has 0 rings (SSSR count). The van der Waals surface area contributed by atoms with Gasteiger partial charge in [0, 0.05) is 181 Å². The lowest BCUT2D eigenvalue weighted by molar-refractivity contribution is -0.0326. The van der Waals surface area contributed by atoms with Gasteiger partial charge in [-0.25, -0.2) is 0 Å². The van der Waals surface area contributed by atoms with E-state index in [0.717, 1.165) is 77.0 Å². The Morgan fingerprint density at radius 3 is 0.309 bits per heavy atom. The zero-order chi connectivity index (χ0) is 94.1. The summed E-state index contributed by atoms with van der Waals surface area (Å²) in [5, 5.41) is 0. The van der Waals surface area contributed by atoms with Crippen LogP contribution in [-0.4, -0.2) is 326 Å². The van der Waals surface area contributed by atoms with E-state index in [1.54, 1.807) is 42.7 Å². The molecule has 0 saturated heterocycles. The normalized spacial score (nSPS) is 15.4. The van der Waals surface area contributed by atoms with Crippen molar-refractivity contribution in [3.8, 4) is 0 Å². The summed E-state index contributed by atoms with van der Waals surface area (Å²) in [7, 11) is -19.9. The van der Waals surface area contributed by atoms with Crippen LogP contribution in [-0.2, 0) is 120 Å². The van der Waals surface area contributed by atoms with E-state index in [4.69, 9.17) is 120 Å². The molecule has 744 valence electrons. The summed E-state index contributed by atoms with van der Waals surface area (Å²) in [5.74, 6) is 0. The van der Waals surface area contributed by atoms with E-state index in [9.17, 15) is 0 Å². The molecule has 39 heteroatoms. The number of hydrogen-bond donors (Lipinski definition) is 0. The van der Waals surface area contributed by atoms with E-state index in [1.807, 2.05) is 83.1 Å². The molecule has 0 aliphatic carbocycles. The molecule has 0 aliphatic rings. The van der Waals surface area contributed by atoms with Crippen molar-refractivity contribution < 1.29 is 120 Å². The first-order valence-corrected chi connectivity index (χ1v) is 64.6. The standard InChI is InChI=1S/C36H81NO9Si3.C27H63NO9Si3.C21H51NO9Si3/c1-13-25-38-47(39-26-14-2,40-27-15-3)34(22-10)37(35(23-11)48(41-28-16-4,42-29-17-5)43-30-18-6)36(24-12)49(44-31-19-7,45-32-20-8)46-33-21-9;1-13-25(38(29-16-4,30-17-5)31-18-6)28(26(14-2)39(32-19-7,33-20-8)34-21-9)27(15-3)40(35-22-10,36-23-11)37-24-12;1-13-19(32(23-7,24-8)29-16-4)22(20(14-2)33(25-9,26-10)30-17-5)21(15-3)34(27-11,28-12)31-18-6/h34-36H,13-33H2,1-12H3;25-27H,13-24H2,1-12H3;19-21H,13-18H2,1-12H3. The third-order valence-corrected chi connectivity index (χ3v) is 51.7. The number of nitrogens with zero attached hydrogens (tertiary/aromatic N) is 3. The van der Waals surface area contributed by atoms with E-state index in [-0.39, 0.29) is 51.0 Å². The van der Waals surface area contributed by atoms with Crippen LogP contribution in [0.15, 0.2) is 0 Å². The summed E-state index contributed by atoms with van der Waals surface area (Å²) in [5.41, 5.74) is -2.24. The Hall–Kier alpha value is 0.752. The van der Waals surface area contributed by atoms with E-state index in [2.05, 4.69) is 139 Å². The van der Waals surface area contributed by atoms with Gasteiger partial charge in [-0.3, -0.25) is 14.7 Å². The molecule has 0 aromatic heterocycles. The van der Waals surface area contributed by atoms with Gasteiger partial charge in [-0.2, -0.15) is 0 Å². The third kappa shape index (κ3) is 37.1. The lowest BCUT2D eigenvalue weighted by atomic mass is 10.3. The molecule has 0 bridgehead atoms. The second-order valence-corrected chi connectivity index (χ2v) is 54.5. The second kappa shape index (κ2) is 74.1. The zero-order valence-corrected chi connectivity index (χ0v) is 94.6. The van der Waals surface area contributed by atoms with Crippen molar-refractivity contribution in [2.24, 2.45) is 0 Å². The molecule has 0 aromatic rings. The predicted octanol–water partition coefficient (Wildman–Crippen LogP) is 17.3. The topological polar surface area (TPSA) is 259 Å². The predicted molar refractivity (Wildman–Crippen MR) is 512 cm³/mol. The van der Waals surface area contributed by atoms with Gasteiger partial charge in [0.2, 0.25) is 0 Å². The van der Waals surface area contributed by atoms with Gasteiger partial charge in [0.15, 0.2) is 0 Å². The molecule has 30 nitrogen and oxygen atoms in total. The van der Waals surface area contributed by atoms with Crippen molar-refractivity contribution >= 4 is 79.2 Å². The molecule has 0 amide bonds. The molecule has 0 fully saturated rings. The summed E-state index contributed by atoms with van der Waals surface area (Å²) >= 11 is 0. The third-order valence-electron chi connectivity index (χ3n) is 20.8. The highest BCUT2D eigenvalue weighted by Crippen LogP contribution is 2.42. The van der Waals surface area contributed by atoms with Crippen LogP contribution in [0.1, 0.15) is 323 Å². The van der Waals surface area contributed by atoms with Crippen LogP contribution >= 0.6 is 0 Å². The van der Waals surface area contributed by atoms with Gasteiger partial charge in [0.05, 0.1) is 51.0 Å².